The highest BCUT2D eigenvalue weighted by atomic mass is 32.1. The SMILES string of the molecule is COC(=O)NC(C(=O)N1CCC[C@H]1c1ncc(-c2cc(F)c3c(c2)OC(c2ccc(-c4ccc(CCCNC(=O)c5ccccc5C5=C6C=CC(O)=CC6Oc6cc(O)ccc65)cc4)s2)n2c-3cc3cc(-c4cnc([C@@H]5CCCN5C(=O)C(NC(=O)OC)C(C)C)[nH]4)ccc32)[nH]1)C(C)C. The molecule has 2 fully saturated rings. The van der Waals surface area contributed by atoms with Crippen LogP contribution in [0.15, 0.2) is 157 Å². The lowest BCUT2D eigenvalue weighted by atomic mass is 9.84. The smallest absolute Gasteiger partial charge is 0.407 e. The Kier molecular flexibility index (Phi) is 17.9. The first-order valence-electron chi connectivity index (χ1n) is 33.4. The van der Waals surface area contributed by atoms with Gasteiger partial charge in [0.15, 0.2) is 0 Å². The van der Waals surface area contributed by atoms with Gasteiger partial charge in [0.25, 0.3) is 5.91 Å². The number of ether oxygens (including phenoxy) is 4. The summed E-state index contributed by atoms with van der Waals surface area (Å²) >= 11 is 1.57. The Bertz CT molecular complexity index is 4750. The molecule has 8 heterocycles. The number of phenolic OH excluding ortho intramolecular Hbond substituents is 1. The molecule has 0 bridgehead atoms. The lowest BCUT2D eigenvalue weighted by Gasteiger charge is -2.31. The number of carbonyl (C=O) groups is 5. The fourth-order valence-electron chi connectivity index (χ4n) is 14.2. The summed E-state index contributed by atoms with van der Waals surface area (Å²) in [6, 6.07) is 33.8. The van der Waals surface area contributed by atoms with Gasteiger partial charge in [0.05, 0.1) is 71.7 Å². The van der Waals surface area contributed by atoms with Gasteiger partial charge in [-0.2, -0.15) is 0 Å². The molecule has 5 amide bonds. The number of aromatic nitrogens is 5. The van der Waals surface area contributed by atoms with Crippen molar-refractivity contribution in [2.45, 2.75) is 103 Å². The first kappa shape index (κ1) is 65.4. The molecule has 99 heavy (non-hydrogen) atoms. The van der Waals surface area contributed by atoms with Crippen LogP contribution in [0.25, 0.3) is 60.7 Å². The summed E-state index contributed by atoms with van der Waals surface area (Å²) in [4.78, 5) is 88.5. The van der Waals surface area contributed by atoms with Crippen LogP contribution in [0.5, 0.6) is 17.2 Å². The van der Waals surface area contributed by atoms with Crippen LogP contribution in [0.4, 0.5) is 14.0 Å². The maximum absolute atomic E-state index is 17.4. The minimum atomic E-state index is -0.814. The molecular formula is C76H75FN10O11S. The highest BCUT2D eigenvalue weighted by Gasteiger charge is 2.41. The van der Waals surface area contributed by atoms with E-state index < -0.39 is 48.5 Å². The maximum Gasteiger partial charge on any atom is 0.407 e. The monoisotopic (exact) mass is 1350 g/mol. The number of halogens is 1. The number of hydrogen-bond donors (Lipinski definition) is 7. The van der Waals surface area contributed by atoms with Gasteiger partial charge in [0.1, 0.15) is 58.7 Å². The van der Waals surface area contributed by atoms with Gasteiger partial charge in [-0.1, -0.05) is 82.3 Å². The number of H-pyrrole nitrogens is 2. The van der Waals surface area contributed by atoms with Gasteiger partial charge in [0.2, 0.25) is 18.0 Å². The number of aromatic hydroxyl groups is 1. The van der Waals surface area contributed by atoms with E-state index in [1.807, 2.05) is 86.9 Å². The summed E-state index contributed by atoms with van der Waals surface area (Å²) in [5.41, 5.74) is 9.81. The number of hydrogen-bond acceptors (Lipinski definition) is 14. The Hall–Kier alpha value is -10.9. The number of thiophene rings is 1. The van der Waals surface area contributed by atoms with Gasteiger partial charge in [-0.05, 0) is 134 Å². The highest BCUT2D eigenvalue weighted by Crippen LogP contribution is 2.50. The summed E-state index contributed by atoms with van der Waals surface area (Å²) in [5.74, 6) is 0.430. The second-order valence-corrected chi connectivity index (χ2v) is 27.3. The van der Waals surface area contributed by atoms with Crippen molar-refractivity contribution in [1.82, 2.24) is 50.3 Å². The minimum Gasteiger partial charge on any atom is -0.508 e. The molecule has 5 aliphatic rings. The quantitative estimate of drug-likeness (QED) is 0.0395. The molecule has 1 aliphatic carbocycles. The van der Waals surface area contributed by atoms with Crippen molar-refractivity contribution in [3.05, 3.63) is 202 Å². The van der Waals surface area contributed by atoms with Gasteiger partial charge in [-0.25, -0.2) is 23.9 Å². The number of aliphatic hydroxyl groups excluding tert-OH is 1. The van der Waals surface area contributed by atoms with E-state index in [9.17, 15) is 34.2 Å². The van der Waals surface area contributed by atoms with Crippen LogP contribution in [0.1, 0.15) is 122 Å². The van der Waals surface area contributed by atoms with Crippen molar-refractivity contribution in [1.29, 1.82) is 0 Å². The number of fused-ring (bicyclic) bond motifs is 7. The van der Waals surface area contributed by atoms with Crippen molar-refractivity contribution in [2.75, 3.05) is 33.9 Å². The lowest BCUT2D eigenvalue weighted by molar-refractivity contribution is -0.136. The van der Waals surface area contributed by atoms with Crippen LogP contribution in [-0.2, 0) is 25.5 Å². The summed E-state index contributed by atoms with van der Waals surface area (Å²) in [7, 11) is 2.53. The number of aromatic amines is 2. The van der Waals surface area contributed by atoms with Gasteiger partial charge in [-0.3, -0.25) is 19.0 Å². The third-order valence-electron chi connectivity index (χ3n) is 19.2. The van der Waals surface area contributed by atoms with E-state index in [1.165, 1.54) is 26.4 Å². The second kappa shape index (κ2) is 27.2. The molecule has 7 N–H and O–H groups in total. The van der Waals surface area contributed by atoms with Crippen LogP contribution in [0, 0.1) is 17.7 Å². The Morgan fingerprint density at radius 3 is 2.03 bits per heavy atom. The number of methoxy groups -OCH3 is 2. The fourth-order valence-corrected chi connectivity index (χ4v) is 15.3. The fraction of sp³-hybridized carbons (Fsp3) is 0.303. The van der Waals surface area contributed by atoms with Crippen molar-refractivity contribution < 1.29 is 57.5 Å². The number of aryl methyl sites for hydroxylation is 1. The van der Waals surface area contributed by atoms with Gasteiger partial charge in [0, 0.05) is 75.4 Å². The third-order valence-corrected chi connectivity index (χ3v) is 20.4. The number of amides is 5. The summed E-state index contributed by atoms with van der Waals surface area (Å²) in [5, 5.41) is 30.1. The molecule has 21 nitrogen and oxygen atoms in total. The lowest BCUT2D eigenvalue weighted by Crippen LogP contribution is -2.51. The minimum absolute atomic E-state index is 0.0390. The maximum atomic E-state index is 17.4. The molecule has 23 heteroatoms. The van der Waals surface area contributed by atoms with E-state index in [1.54, 1.807) is 70.0 Å². The molecule has 0 saturated carbocycles. The predicted molar refractivity (Wildman–Crippen MR) is 372 cm³/mol. The number of nitrogens with one attached hydrogen (secondary N) is 5. The molecule has 6 atom stereocenters. The number of imidazole rings is 2. The molecule has 2 saturated heterocycles. The molecule has 0 spiro atoms. The summed E-state index contributed by atoms with van der Waals surface area (Å²) < 4.78 is 42.4. The number of allylic oxidation sites excluding steroid dienone is 1. The molecule has 5 aromatic carbocycles. The van der Waals surface area contributed by atoms with Crippen LogP contribution in [0.2, 0.25) is 0 Å². The number of carbonyl (C=O) groups excluding carboxylic acids is 5. The van der Waals surface area contributed by atoms with Crippen LogP contribution < -0.4 is 25.4 Å². The third kappa shape index (κ3) is 12.7. The average molecular weight is 1360 g/mol. The molecule has 508 valence electrons. The topological polar surface area (TPSA) is 268 Å². The Morgan fingerprint density at radius 1 is 0.707 bits per heavy atom. The van der Waals surface area contributed by atoms with Crippen LogP contribution in [0.3, 0.4) is 0 Å². The molecule has 0 radical (unpaired) electrons. The number of aliphatic hydroxyl groups is 1. The predicted octanol–water partition coefficient (Wildman–Crippen LogP) is 13.6. The zero-order valence-electron chi connectivity index (χ0n) is 55.4. The van der Waals surface area contributed by atoms with Crippen molar-refractivity contribution in [3.63, 3.8) is 0 Å². The first-order valence-corrected chi connectivity index (χ1v) is 34.2. The molecule has 9 aromatic rings. The second-order valence-electron chi connectivity index (χ2n) is 26.2. The van der Waals surface area contributed by atoms with Crippen molar-refractivity contribution >= 4 is 57.7 Å². The molecule has 14 rings (SSSR count). The van der Waals surface area contributed by atoms with Crippen LogP contribution in [-0.4, -0.2) is 126 Å². The molecule has 4 aliphatic heterocycles. The van der Waals surface area contributed by atoms with Crippen LogP contribution >= 0.6 is 11.3 Å². The van der Waals surface area contributed by atoms with E-state index in [2.05, 4.69) is 56.3 Å². The van der Waals surface area contributed by atoms with Crippen molar-refractivity contribution in [2.24, 2.45) is 11.8 Å². The number of likely N-dealkylation sites (tertiary alicyclic amines) is 2. The standard InChI is InChI=1S/C76H75FN10O11S/c1-40(2)67(83-75(93)95-5)72(91)85-30-10-15-57(85)69-79-38-54(81-69)44-21-26-56-46(32-44)34-59-66-53(77)33-45(55-39-80-70(82-55)58-16-11-31-86(58)73(92)68(41(3)4)84-76(94)96-6)35-62(66)98-74(87(56)59)64-28-27-63(99-64)43-19-17-42(18-20-43)12-9-29-78-71(90)50-14-8-7-13-49(50)65-51-24-22-47(88)36-60(51)97-61-37-48(89)23-25-52(61)65/h7-8,13-14,17-28,32-41,57-58,60,67-68,74,88-89H,9-12,15-16,29-31H2,1-6H3,(H,78,90)(H,79,81)(H,80,82)(H,83,93)(H,84,94)/t57-,58-,60?,67?,68?,74?/m0/s1. The van der Waals surface area contributed by atoms with E-state index in [0.29, 0.717) is 96.5 Å². The number of benzene rings is 5. The van der Waals surface area contributed by atoms with E-state index >= 15 is 4.39 Å². The zero-order chi connectivity index (χ0) is 68.9. The number of nitrogens with zero attached hydrogens (tertiary/aromatic N) is 5. The number of phenols is 1. The van der Waals surface area contributed by atoms with E-state index in [-0.39, 0.29) is 52.7 Å². The largest absolute Gasteiger partial charge is 0.508 e. The van der Waals surface area contributed by atoms with Gasteiger partial charge >= 0.3 is 12.2 Å². The summed E-state index contributed by atoms with van der Waals surface area (Å²) in [6.45, 7) is 8.88. The number of rotatable bonds is 18. The average Bonchev–Trinajstić information content (AvgIpc) is 1.63. The van der Waals surface area contributed by atoms with E-state index in [4.69, 9.17) is 28.9 Å². The van der Waals surface area contributed by atoms with E-state index in [0.717, 1.165) is 72.6 Å². The van der Waals surface area contributed by atoms with Crippen molar-refractivity contribution in [3.8, 4) is 61.5 Å². The Morgan fingerprint density at radius 2 is 1.36 bits per heavy atom. The Balaban J connectivity index is 0.723. The number of alkyl carbamates (subject to hydrolysis) is 2. The Labute approximate surface area is 574 Å². The molecule has 4 aromatic heterocycles. The van der Waals surface area contributed by atoms with Gasteiger partial charge in [-0.15, -0.1) is 11.3 Å². The zero-order valence-corrected chi connectivity index (χ0v) is 56.2. The summed E-state index contributed by atoms with van der Waals surface area (Å²) in [6.07, 6.45) is 9.86. The molecule has 4 unspecified atom stereocenters. The first-order chi connectivity index (χ1) is 47.9. The normalized spacial score (nSPS) is 18.2. The highest BCUT2D eigenvalue weighted by molar-refractivity contribution is 7.15. The van der Waals surface area contributed by atoms with Gasteiger partial charge < -0.3 is 64.9 Å². The molecular weight excluding hydrogens is 1280 g/mol.